The Bertz CT molecular complexity index is 1330. The van der Waals surface area contributed by atoms with Gasteiger partial charge in [0.05, 0.1) is 6.54 Å². The second-order valence-electron chi connectivity index (χ2n) is 15.3. The van der Waals surface area contributed by atoms with Crippen molar-refractivity contribution in [2.45, 2.75) is 80.6 Å². The minimum Gasteiger partial charge on any atom is -0.357 e. The molecule has 7 atom stereocenters. The lowest BCUT2D eigenvalue weighted by atomic mass is 9.47. The van der Waals surface area contributed by atoms with Gasteiger partial charge in [-0.25, -0.2) is 0 Å². The van der Waals surface area contributed by atoms with Crippen LogP contribution in [0.3, 0.4) is 0 Å². The van der Waals surface area contributed by atoms with Crippen LogP contribution in [0.4, 0.5) is 17.6 Å². The minimum absolute atomic E-state index is 0.00506. The van der Waals surface area contributed by atoms with Crippen LogP contribution in [0, 0.1) is 40.4 Å². The van der Waals surface area contributed by atoms with Gasteiger partial charge in [-0.1, -0.05) is 32.4 Å². The van der Waals surface area contributed by atoms with E-state index < -0.39 is 0 Å². The Labute approximate surface area is 277 Å². The number of aromatic nitrogens is 2. The molecule has 0 spiro atoms. The molecule has 0 radical (unpaired) electrons. The predicted octanol–water partition coefficient (Wildman–Crippen LogP) is 6.03. The first-order chi connectivity index (χ1) is 22.1. The number of fused-ring (bicyclic) bond motifs is 5. The first-order valence-corrected chi connectivity index (χ1v) is 18.4. The zero-order chi connectivity index (χ0) is 32.8. The van der Waals surface area contributed by atoms with Crippen molar-refractivity contribution in [3.05, 3.63) is 29.9 Å². The van der Waals surface area contributed by atoms with Crippen molar-refractivity contribution >= 4 is 29.2 Å². The summed E-state index contributed by atoms with van der Waals surface area (Å²) >= 11 is 0. The quantitative estimate of drug-likeness (QED) is 0.310. The van der Waals surface area contributed by atoms with E-state index in [2.05, 4.69) is 80.2 Å². The summed E-state index contributed by atoms with van der Waals surface area (Å²) in [6.07, 6.45) is 11.6. The Kier molecular flexibility index (Phi) is 9.41. The SMILES string of the molecule is CCN(CC)c1cc(N2CCN(CC(=O)[C@H]3C(C)C[C@H]4[C@@H]5CCC6=CC(=O)C=C[C@]6(C)[C@H]5CC[C@]34C)CC2)nc(N(CC)CC)n1. The number of carbonyl (C=O) groups is 2. The third kappa shape index (κ3) is 5.71. The van der Waals surface area contributed by atoms with E-state index in [0.29, 0.717) is 36.0 Å². The van der Waals surface area contributed by atoms with E-state index in [1.54, 1.807) is 0 Å². The average molecular weight is 631 g/mol. The zero-order valence-corrected chi connectivity index (χ0v) is 29.6. The summed E-state index contributed by atoms with van der Waals surface area (Å²) in [6.45, 7) is 23.5. The predicted molar refractivity (Wildman–Crippen MR) is 187 cm³/mol. The van der Waals surface area contributed by atoms with Gasteiger partial charge in [0.15, 0.2) is 11.6 Å². The molecule has 0 bridgehead atoms. The first-order valence-electron chi connectivity index (χ1n) is 18.4. The molecule has 2 heterocycles. The third-order valence-corrected chi connectivity index (χ3v) is 13.1. The molecule has 1 saturated heterocycles. The van der Waals surface area contributed by atoms with E-state index in [9.17, 15) is 9.59 Å². The smallest absolute Gasteiger partial charge is 0.229 e. The summed E-state index contributed by atoms with van der Waals surface area (Å²) in [5.41, 5.74) is 1.43. The highest BCUT2D eigenvalue weighted by Gasteiger charge is 2.61. The summed E-state index contributed by atoms with van der Waals surface area (Å²) in [4.78, 5) is 45.7. The van der Waals surface area contributed by atoms with Gasteiger partial charge in [-0.2, -0.15) is 9.97 Å². The van der Waals surface area contributed by atoms with Gasteiger partial charge in [0.25, 0.3) is 0 Å². The summed E-state index contributed by atoms with van der Waals surface area (Å²) in [5, 5.41) is 0. The van der Waals surface area contributed by atoms with Gasteiger partial charge in [-0.3, -0.25) is 14.5 Å². The highest BCUT2D eigenvalue weighted by molar-refractivity contribution is 6.01. The number of piperazine rings is 1. The molecule has 3 saturated carbocycles. The van der Waals surface area contributed by atoms with E-state index in [4.69, 9.17) is 9.97 Å². The highest BCUT2D eigenvalue weighted by Crippen LogP contribution is 2.67. The number of hydrogen-bond acceptors (Lipinski definition) is 8. The number of rotatable bonds is 10. The molecule has 1 aromatic rings. The average Bonchev–Trinajstić information content (AvgIpc) is 3.32. The largest absolute Gasteiger partial charge is 0.357 e. The molecule has 1 aliphatic heterocycles. The lowest BCUT2D eigenvalue weighted by molar-refractivity contribution is -0.132. The van der Waals surface area contributed by atoms with E-state index in [-0.39, 0.29) is 22.5 Å². The van der Waals surface area contributed by atoms with Crippen LogP contribution in [-0.4, -0.2) is 85.3 Å². The number of Topliss-reactive ketones (excluding diaryl/α,β-unsaturated/α-hetero) is 1. The molecule has 8 heteroatoms. The molecule has 0 aromatic carbocycles. The lowest BCUT2D eigenvalue weighted by Crippen LogP contribution is -2.52. The van der Waals surface area contributed by atoms with Crippen molar-refractivity contribution in [1.82, 2.24) is 14.9 Å². The third-order valence-electron chi connectivity index (χ3n) is 13.1. The van der Waals surface area contributed by atoms with Crippen molar-refractivity contribution < 1.29 is 9.59 Å². The van der Waals surface area contributed by atoms with Crippen molar-refractivity contribution in [3.8, 4) is 0 Å². The van der Waals surface area contributed by atoms with Crippen LogP contribution in [0.5, 0.6) is 0 Å². The number of carbonyl (C=O) groups excluding carboxylic acids is 2. The number of anilines is 3. The van der Waals surface area contributed by atoms with E-state index in [0.717, 1.165) is 102 Å². The second-order valence-corrected chi connectivity index (χ2v) is 15.3. The van der Waals surface area contributed by atoms with E-state index in [1.807, 2.05) is 12.2 Å². The van der Waals surface area contributed by atoms with Gasteiger partial charge in [0.2, 0.25) is 5.95 Å². The van der Waals surface area contributed by atoms with Crippen LogP contribution in [0.15, 0.2) is 29.9 Å². The molecule has 252 valence electrons. The molecule has 8 nitrogen and oxygen atoms in total. The Morgan fingerprint density at radius 3 is 2.33 bits per heavy atom. The molecule has 1 unspecified atom stereocenters. The highest BCUT2D eigenvalue weighted by atomic mass is 16.1. The fraction of sp³-hybridized carbons (Fsp3) is 0.737. The Balaban J connectivity index is 1.12. The Morgan fingerprint density at radius 1 is 0.957 bits per heavy atom. The fourth-order valence-electron chi connectivity index (χ4n) is 10.6. The number of nitrogens with zero attached hydrogens (tertiary/aromatic N) is 6. The Hall–Kier alpha value is -2.74. The molecule has 6 rings (SSSR count). The minimum atomic E-state index is 0.00506. The molecule has 0 amide bonds. The number of hydrogen-bond donors (Lipinski definition) is 0. The van der Waals surface area contributed by atoms with Gasteiger partial charge in [-0.05, 0) is 101 Å². The van der Waals surface area contributed by atoms with Crippen molar-refractivity contribution in [2.75, 3.05) is 73.6 Å². The summed E-state index contributed by atoms with van der Waals surface area (Å²) in [6, 6.07) is 2.16. The molecule has 4 aliphatic carbocycles. The van der Waals surface area contributed by atoms with Crippen LogP contribution in [0.1, 0.15) is 80.6 Å². The maximum Gasteiger partial charge on any atom is 0.229 e. The van der Waals surface area contributed by atoms with Crippen LogP contribution in [0.2, 0.25) is 0 Å². The fourth-order valence-corrected chi connectivity index (χ4v) is 10.6. The van der Waals surface area contributed by atoms with Gasteiger partial charge in [0.1, 0.15) is 11.6 Å². The molecule has 4 fully saturated rings. The normalized spacial score (nSPS) is 34.1. The molecule has 46 heavy (non-hydrogen) atoms. The van der Waals surface area contributed by atoms with Crippen LogP contribution < -0.4 is 14.7 Å². The van der Waals surface area contributed by atoms with Crippen LogP contribution in [0.25, 0.3) is 0 Å². The molecular weight excluding hydrogens is 572 g/mol. The van der Waals surface area contributed by atoms with Gasteiger partial charge in [0, 0.05) is 69.8 Å². The number of ketones is 2. The maximum atomic E-state index is 14.2. The molecule has 5 aliphatic rings. The Morgan fingerprint density at radius 2 is 1.65 bits per heavy atom. The maximum absolute atomic E-state index is 14.2. The standard InChI is InChI=1S/C38H58N6O2/c1-8-42(9-2)33-24-34(40-36(39-33)43(10-3)11-4)44-20-18-41(19-21-44)25-32(46)35-26(5)22-31-29-13-12-27-23-28(45)14-16-37(27,6)30(29)15-17-38(31,35)7/h14,16,23-24,26,29-31,35H,8-13,15,17-22,25H2,1-7H3/t26?,29-,30+,31+,35-,37+,38+/m1/s1. The summed E-state index contributed by atoms with van der Waals surface area (Å²) < 4.78 is 0. The van der Waals surface area contributed by atoms with Crippen molar-refractivity contribution in [3.63, 3.8) is 0 Å². The first kappa shape index (κ1) is 33.2. The zero-order valence-electron chi connectivity index (χ0n) is 29.6. The van der Waals surface area contributed by atoms with Gasteiger partial charge >= 0.3 is 0 Å². The van der Waals surface area contributed by atoms with Gasteiger partial charge < -0.3 is 14.7 Å². The summed E-state index contributed by atoms with van der Waals surface area (Å²) in [5.74, 6) is 5.79. The second kappa shape index (κ2) is 13.0. The van der Waals surface area contributed by atoms with Crippen LogP contribution in [-0.2, 0) is 9.59 Å². The van der Waals surface area contributed by atoms with E-state index >= 15 is 0 Å². The number of allylic oxidation sites excluding steroid dienone is 4. The molecule has 1 aromatic heterocycles. The summed E-state index contributed by atoms with van der Waals surface area (Å²) in [7, 11) is 0. The van der Waals surface area contributed by atoms with Crippen molar-refractivity contribution in [2.24, 2.45) is 40.4 Å². The van der Waals surface area contributed by atoms with Crippen molar-refractivity contribution in [1.29, 1.82) is 0 Å². The molecule has 0 N–H and O–H groups in total. The van der Waals surface area contributed by atoms with Gasteiger partial charge in [-0.15, -0.1) is 0 Å². The van der Waals surface area contributed by atoms with Crippen LogP contribution >= 0.6 is 0 Å². The molecular formula is C38H58N6O2. The lowest BCUT2D eigenvalue weighted by Gasteiger charge is -2.57. The topological polar surface area (TPSA) is 72.9 Å². The monoisotopic (exact) mass is 630 g/mol. The van der Waals surface area contributed by atoms with E-state index in [1.165, 1.54) is 5.57 Å².